The third-order valence-corrected chi connectivity index (χ3v) is 3.48. The summed E-state index contributed by atoms with van der Waals surface area (Å²) in [7, 11) is 0. The van der Waals surface area contributed by atoms with Gasteiger partial charge in [-0.2, -0.15) is 0 Å². The molecule has 1 unspecified atom stereocenters. The average molecular weight is 248 g/mol. The fourth-order valence-corrected chi connectivity index (χ4v) is 2.52. The topological polar surface area (TPSA) is 42.0 Å². The summed E-state index contributed by atoms with van der Waals surface area (Å²) >= 11 is 1.56. The summed E-state index contributed by atoms with van der Waals surface area (Å²) in [6.07, 6.45) is 2.09. The molecule has 0 aliphatic heterocycles. The molecule has 1 heterocycles. The molecular formula is C13H16N2OS. The van der Waals surface area contributed by atoms with Gasteiger partial charge in [-0.15, -0.1) is 11.3 Å². The first-order chi connectivity index (χ1) is 8.20. The zero-order chi connectivity index (χ0) is 12.3. The molecule has 1 aromatic carbocycles. The van der Waals surface area contributed by atoms with E-state index in [2.05, 4.69) is 17.2 Å². The Bertz CT molecular complexity index is 521. The van der Waals surface area contributed by atoms with Gasteiger partial charge in [-0.1, -0.05) is 13.3 Å². The Morgan fingerprint density at radius 3 is 3.12 bits per heavy atom. The minimum absolute atomic E-state index is 0.00116. The van der Waals surface area contributed by atoms with Crippen LogP contribution in [0.15, 0.2) is 23.7 Å². The molecule has 0 fully saturated rings. The molecule has 1 N–H and O–H groups in total. The van der Waals surface area contributed by atoms with Crippen molar-refractivity contribution in [2.45, 2.75) is 32.7 Å². The third kappa shape index (κ3) is 2.82. The largest absolute Gasteiger partial charge is 0.350 e. The Morgan fingerprint density at radius 2 is 2.35 bits per heavy atom. The molecule has 3 nitrogen and oxygen atoms in total. The fourth-order valence-electron chi connectivity index (χ4n) is 1.81. The van der Waals surface area contributed by atoms with Crippen molar-refractivity contribution in [2.24, 2.45) is 0 Å². The maximum absolute atomic E-state index is 12.0. The molecule has 2 rings (SSSR count). The third-order valence-electron chi connectivity index (χ3n) is 2.69. The molecule has 1 atom stereocenters. The smallest absolute Gasteiger partial charge is 0.251 e. The summed E-state index contributed by atoms with van der Waals surface area (Å²) in [5.74, 6) is 0.00116. The van der Waals surface area contributed by atoms with Crippen LogP contribution in [0.25, 0.3) is 10.2 Å². The van der Waals surface area contributed by atoms with E-state index in [-0.39, 0.29) is 11.9 Å². The summed E-state index contributed by atoms with van der Waals surface area (Å²) in [4.78, 5) is 16.2. The average Bonchev–Trinajstić information content (AvgIpc) is 2.75. The SMILES string of the molecule is CCCC(C)NC(=O)c1ccc2ncsc2c1. The second-order valence-electron chi connectivity index (χ2n) is 4.20. The fraction of sp³-hybridized carbons (Fsp3) is 0.385. The Hall–Kier alpha value is -1.42. The molecule has 0 aliphatic rings. The molecule has 90 valence electrons. The van der Waals surface area contributed by atoms with E-state index in [4.69, 9.17) is 0 Å². The van der Waals surface area contributed by atoms with Crippen LogP contribution in [0.3, 0.4) is 0 Å². The van der Waals surface area contributed by atoms with E-state index >= 15 is 0 Å². The number of nitrogens with one attached hydrogen (secondary N) is 1. The highest BCUT2D eigenvalue weighted by molar-refractivity contribution is 7.16. The summed E-state index contributed by atoms with van der Waals surface area (Å²) in [5, 5.41) is 3.00. The number of carbonyl (C=O) groups excluding carboxylic acids is 1. The van der Waals surface area contributed by atoms with Gasteiger partial charge in [0, 0.05) is 11.6 Å². The van der Waals surface area contributed by atoms with Crippen LogP contribution in [0.5, 0.6) is 0 Å². The van der Waals surface area contributed by atoms with Gasteiger partial charge in [0.05, 0.1) is 15.7 Å². The Kier molecular flexibility index (Phi) is 3.74. The summed E-state index contributed by atoms with van der Waals surface area (Å²) in [5.41, 5.74) is 3.46. The lowest BCUT2D eigenvalue weighted by atomic mass is 10.1. The Balaban J connectivity index is 2.13. The minimum atomic E-state index is 0.00116. The van der Waals surface area contributed by atoms with Crippen LogP contribution in [0.4, 0.5) is 0 Å². The minimum Gasteiger partial charge on any atom is -0.350 e. The van der Waals surface area contributed by atoms with Crippen LogP contribution in [0.2, 0.25) is 0 Å². The van der Waals surface area contributed by atoms with Crippen molar-refractivity contribution in [3.8, 4) is 0 Å². The van der Waals surface area contributed by atoms with Crippen LogP contribution in [-0.2, 0) is 0 Å². The second-order valence-corrected chi connectivity index (χ2v) is 5.08. The molecule has 4 heteroatoms. The van der Waals surface area contributed by atoms with Crippen LogP contribution in [-0.4, -0.2) is 16.9 Å². The molecule has 0 saturated carbocycles. The molecule has 0 bridgehead atoms. The number of benzene rings is 1. The van der Waals surface area contributed by atoms with E-state index in [0.717, 1.165) is 23.1 Å². The number of thiazole rings is 1. The van der Waals surface area contributed by atoms with Gasteiger partial charge < -0.3 is 5.32 Å². The number of carbonyl (C=O) groups is 1. The molecule has 17 heavy (non-hydrogen) atoms. The van der Waals surface area contributed by atoms with Crippen molar-refractivity contribution in [1.29, 1.82) is 0 Å². The number of fused-ring (bicyclic) bond motifs is 1. The number of aromatic nitrogens is 1. The van der Waals surface area contributed by atoms with Gasteiger partial charge in [0.25, 0.3) is 5.91 Å². The molecular weight excluding hydrogens is 232 g/mol. The monoisotopic (exact) mass is 248 g/mol. The van der Waals surface area contributed by atoms with Crippen molar-refractivity contribution >= 4 is 27.5 Å². The van der Waals surface area contributed by atoms with Gasteiger partial charge in [-0.05, 0) is 31.5 Å². The van der Waals surface area contributed by atoms with Gasteiger partial charge >= 0.3 is 0 Å². The number of hydrogen-bond donors (Lipinski definition) is 1. The first-order valence-corrected chi connectivity index (χ1v) is 6.72. The van der Waals surface area contributed by atoms with Crippen molar-refractivity contribution in [3.63, 3.8) is 0 Å². The van der Waals surface area contributed by atoms with E-state index < -0.39 is 0 Å². The standard InChI is InChI=1S/C13H16N2OS/c1-3-4-9(2)15-13(16)10-5-6-11-12(7-10)17-8-14-11/h5-9H,3-4H2,1-2H3,(H,15,16). The van der Waals surface area contributed by atoms with Crippen molar-refractivity contribution < 1.29 is 4.79 Å². The van der Waals surface area contributed by atoms with Crippen LogP contribution >= 0.6 is 11.3 Å². The Morgan fingerprint density at radius 1 is 1.53 bits per heavy atom. The van der Waals surface area contributed by atoms with Gasteiger partial charge in [0.1, 0.15) is 0 Å². The molecule has 0 radical (unpaired) electrons. The van der Waals surface area contributed by atoms with E-state index in [1.54, 1.807) is 16.8 Å². The molecule has 2 aromatic rings. The number of amides is 1. The Labute approximate surface area is 105 Å². The maximum atomic E-state index is 12.0. The summed E-state index contributed by atoms with van der Waals surface area (Å²) in [6.45, 7) is 4.15. The number of hydrogen-bond acceptors (Lipinski definition) is 3. The van der Waals surface area contributed by atoms with E-state index in [1.807, 2.05) is 25.1 Å². The van der Waals surface area contributed by atoms with Crippen molar-refractivity contribution in [3.05, 3.63) is 29.3 Å². The zero-order valence-electron chi connectivity index (χ0n) is 10.1. The van der Waals surface area contributed by atoms with Crippen LogP contribution in [0.1, 0.15) is 37.0 Å². The lowest BCUT2D eigenvalue weighted by Gasteiger charge is -2.12. The van der Waals surface area contributed by atoms with Gasteiger partial charge in [-0.3, -0.25) is 4.79 Å². The molecule has 0 spiro atoms. The predicted molar refractivity (Wildman–Crippen MR) is 71.5 cm³/mol. The number of rotatable bonds is 4. The van der Waals surface area contributed by atoms with E-state index in [0.29, 0.717) is 5.56 Å². The highest BCUT2D eigenvalue weighted by Crippen LogP contribution is 2.19. The quantitative estimate of drug-likeness (QED) is 0.902. The number of nitrogens with zero attached hydrogens (tertiary/aromatic N) is 1. The highest BCUT2D eigenvalue weighted by atomic mass is 32.1. The normalized spacial score (nSPS) is 12.6. The molecule has 1 amide bonds. The lowest BCUT2D eigenvalue weighted by Crippen LogP contribution is -2.32. The first-order valence-electron chi connectivity index (χ1n) is 5.85. The van der Waals surface area contributed by atoms with Crippen LogP contribution in [0, 0.1) is 0 Å². The van der Waals surface area contributed by atoms with Gasteiger partial charge in [-0.25, -0.2) is 4.98 Å². The van der Waals surface area contributed by atoms with Crippen LogP contribution < -0.4 is 5.32 Å². The van der Waals surface area contributed by atoms with Gasteiger partial charge in [0.2, 0.25) is 0 Å². The first kappa shape index (κ1) is 12.0. The van der Waals surface area contributed by atoms with Crippen molar-refractivity contribution in [1.82, 2.24) is 10.3 Å². The molecule has 0 saturated heterocycles. The zero-order valence-corrected chi connectivity index (χ0v) is 10.9. The van der Waals surface area contributed by atoms with Gasteiger partial charge in [0.15, 0.2) is 0 Å². The molecule has 1 aromatic heterocycles. The van der Waals surface area contributed by atoms with E-state index in [9.17, 15) is 4.79 Å². The predicted octanol–water partition coefficient (Wildman–Crippen LogP) is 3.21. The summed E-state index contributed by atoms with van der Waals surface area (Å²) in [6, 6.07) is 5.85. The van der Waals surface area contributed by atoms with E-state index in [1.165, 1.54) is 0 Å². The lowest BCUT2D eigenvalue weighted by molar-refractivity contribution is 0.0938. The second kappa shape index (κ2) is 5.27. The molecule has 0 aliphatic carbocycles. The highest BCUT2D eigenvalue weighted by Gasteiger charge is 2.10. The maximum Gasteiger partial charge on any atom is 0.251 e. The van der Waals surface area contributed by atoms with Crippen molar-refractivity contribution in [2.75, 3.05) is 0 Å². The summed E-state index contributed by atoms with van der Waals surface area (Å²) < 4.78 is 1.06.